The topological polar surface area (TPSA) is 30.5 Å². The zero-order valence-corrected chi connectivity index (χ0v) is 11.1. The average molecular weight is 237 g/mol. The summed E-state index contributed by atoms with van der Waals surface area (Å²) in [4.78, 5) is 0. The molecule has 0 bridgehead atoms. The molecule has 0 atom stereocenters. The molecule has 1 rings (SSSR count). The fraction of sp³-hybridized carbons (Fsp3) is 0.571. The highest BCUT2D eigenvalue weighted by Crippen LogP contribution is 2.18. The number of benzene rings is 1. The van der Waals surface area contributed by atoms with Crippen LogP contribution in [0.5, 0.6) is 5.75 Å². The molecule has 0 radical (unpaired) electrons. The van der Waals surface area contributed by atoms with Crippen molar-refractivity contribution >= 4 is 0 Å². The fourth-order valence-electron chi connectivity index (χ4n) is 1.78. The monoisotopic (exact) mass is 237 g/mol. The SMILES string of the molecule is COCCCCNCc1ccc(OC)c(C)c1. The Morgan fingerprint density at radius 2 is 2.00 bits per heavy atom. The maximum atomic E-state index is 5.24. The normalized spacial score (nSPS) is 10.5. The Bertz CT molecular complexity index is 326. The van der Waals surface area contributed by atoms with E-state index in [-0.39, 0.29) is 0 Å². The van der Waals surface area contributed by atoms with Crippen LogP contribution < -0.4 is 10.1 Å². The molecule has 3 heteroatoms. The van der Waals surface area contributed by atoms with Gasteiger partial charge >= 0.3 is 0 Å². The van der Waals surface area contributed by atoms with Gasteiger partial charge in [0.15, 0.2) is 0 Å². The Balaban J connectivity index is 2.25. The van der Waals surface area contributed by atoms with E-state index in [4.69, 9.17) is 9.47 Å². The summed E-state index contributed by atoms with van der Waals surface area (Å²) in [7, 11) is 3.45. The van der Waals surface area contributed by atoms with Crippen LogP contribution in [0.3, 0.4) is 0 Å². The Morgan fingerprint density at radius 1 is 1.18 bits per heavy atom. The predicted octanol–water partition coefficient (Wildman–Crippen LogP) is 2.52. The van der Waals surface area contributed by atoms with Gasteiger partial charge in [-0.15, -0.1) is 0 Å². The highest BCUT2D eigenvalue weighted by molar-refractivity contribution is 5.36. The lowest BCUT2D eigenvalue weighted by atomic mass is 10.1. The molecule has 0 fully saturated rings. The summed E-state index contributed by atoms with van der Waals surface area (Å²) >= 11 is 0. The maximum Gasteiger partial charge on any atom is 0.121 e. The molecule has 0 saturated carbocycles. The first-order valence-corrected chi connectivity index (χ1v) is 6.11. The summed E-state index contributed by atoms with van der Waals surface area (Å²) in [6, 6.07) is 6.30. The van der Waals surface area contributed by atoms with Crippen LogP contribution in [0.15, 0.2) is 18.2 Å². The molecule has 0 aromatic heterocycles. The number of nitrogens with one attached hydrogen (secondary N) is 1. The fourth-order valence-corrected chi connectivity index (χ4v) is 1.78. The van der Waals surface area contributed by atoms with Gasteiger partial charge in [0.2, 0.25) is 0 Å². The minimum absolute atomic E-state index is 0.851. The van der Waals surface area contributed by atoms with Crippen molar-refractivity contribution in [2.45, 2.75) is 26.3 Å². The van der Waals surface area contributed by atoms with Gasteiger partial charge in [0, 0.05) is 20.3 Å². The quantitative estimate of drug-likeness (QED) is 0.705. The van der Waals surface area contributed by atoms with Gasteiger partial charge in [-0.3, -0.25) is 0 Å². The standard InChI is InChI=1S/C14H23NO2/c1-12-10-13(6-7-14(12)17-3)11-15-8-4-5-9-16-2/h6-7,10,15H,4-5,8-9,11H2,1-3H3. The summed E-state index contributed by atoms with van der Waals surface area (Å²) in [6.45, 7) is 4.87. The van der Waals surface area contributed by atoms with Gasteiger partial charge in [-0.25, -0.2) is 0 Å². The second kappa shape index (κ2) is 8.09. The molecule has 1 N–H and O–H groups in total. The first-order chi connectivity index (χ1) is 8.27. The zero-order valence-electron chi connectivity index (χ0n) is 11.1. The molecular weight excluding hydrogens is 214 g/mol. The van der Waals surface area contributed by atoms with Crippen molar-refractivity contribution in [3.63, 3.8) is 0 Å². The van der Waals surface area contributed by atoms with E-state index in [1.807, 2.05) is 6.07 Å². The Labute approximate surface area is 104 Å². The Hall–Kier alpha value is -1.06. The summed E-state index contributed by atoms with van der Waals surface area (Å²) in [5.41, 5.74) is 2.49. The molecule has 1 aromatic rings. The Kier molecular flexibility index (Phi) is 6.67. The first-order valence-electron chi connectivity index (χ1n) is 6.11. The van der Waals surface area contributed by atoms with Crippen LogP contribution in [0.4, 0.5) is 0 Å². The van der Waals surface area contributed by atoms with Crippen LogP contribution in [-0.4, -0.2) is 27.4 Å². The summed E-state index contributed by atoms with van der Waals surface area (Å²) < 4.78 is 10.2. The molecule has 0 spiro atoms. The molecule has 0 unspecified atom stereocenters. The van der Waals surface area contributed by atoms with Gasteiger partial charge in [0.25, 0.3) is 0 Å². The molecule has 0 amide bonds. The minimum Gasteiger partial charge on any atom is -0.496 e. The van der Waals surface area contributed by atoms with Crippen molar-refractivity contribution in [3.8, 4) is 5.75 Å². The van der Waals surface area contributed by atoms with Gasteiger partial charge in [0.1, 0.15) is 5.75 Å². The molecule has 17 heavy (non-hydrogen) atoms. The van der Waals surface area contributed by atoms with Crippen LogP contribution in [0.2, 0.25) is 0 Å². The summed E-state index contributed by atoms with van der Waals surface area (Å²) in [5.74, 6) is 0.953. The molecule has 1 aromatic carbocycles. The second-order valence-corrected chi connectivity index (χ2v) is 4.18. The number of ether oxygens (including phenoxy) is 2. The van der Waals surface area contributed by atoms with Crippen molar-refractivity contribution < 1.29 is 9.47 Å². The highest BCUT2D eigenvalue weighted by atomic mass is 16.5. The number of methoxy groups -OCH3 is 2. The van der Waals surface area contributed by atoms with E-state index < -0.39 is 0 Å². The Morgan fingerprint density at radius 3 is 2.65 bits per heavy atom. The second-order valence-electron chi connectivity index (χ2n) is 4.18. The lowest BCUT2D eigenvalue weighted by molar-refractivity contribution is 0.192. The van der Waals surface area contributed by atoms with E-state index in [2.05, 4.69) is 24.4 Å². The zero-order chi connectivity index (χ0) is 12.5. The minimum atomic E-state index is 0.851. The number of hydrogen-bond acceptors (Lipinski definition) is 3. The van der Waals surface area contributed by atoms with E-state index >= 15 is 0 Å². The first kappa shape index (κ1) is 14.0. The van der Waals surface area contributed by atoms with Crippen molar-refractivity contribution in [2.24, 2.45) is 0 Å². The van der Waals surface area contributed by atoms with E-state index in [0.29, 0.717) is 0 Å². The number of aryl methyl sites for hydroxylation is 1. The maximum absolute atomic E-state index is 5.24. The van der Waals surface area contributed by atoms with Crippen LogP contribution in [0, 0.1) is 6.92 Å². The molecule has 0 aliphatic heterocycles. The van der Waals surface area contributed by atoms with Gasteiger partial charge in [-0.1, -0.05) is 12.1 Å². The van der Waals surface area contributed by atoms with E-state index in [9.17, 15) is 0 Å². The smallest absolute Gasteiger partial charge is 0.121 e. The molecule has 0 aliphatic rings. The van der Waals surface area contributed by atoms with Crippen LogP contribution >= 0.6 is 0 Å². The van der Waals surface area contributed by atoms with Gasteiger partial charge in [-0.05, 0) is 43.5 Å². The third kappa shape index (κ3) is 5.20. The van der Waals surface area contributed by atoms with Crippen LogP contribution in [-0.2, 0) is 11.3 Å². The lowest BCUT2D eigenvalue weighted by Crippen LogP contribution is -2.15. The third-order valence-corrected chi connectivity index (χ3v) is 2.74. The third-order valence-electron chi connectivity index (χ3n) is 2.74. The van der Waals surface area contributed by atoms with Gasteiger partial charge in [-0.2, -0.15) is 0 Å². The molecule has 96 valence electrons. The van der Waals surface area contributed by atoms with Gasteiger partial charge < -0.3 is 14.8 Å². The largest absolute Gasteiger partial charge is 0.496 e. The highest BCUT2D eigenvalue weighted by Gasteiger charge is 1.99. The molecule has 0 saturated heterocycles. The molecule has 0 heterocycles. The molecule has 0 aliphatic carbocycles. The van der Waals surface area contributed by atoms with E-state index in [1.54, 1.807) is 14.2 Å². The van der Waals surface area contributed by atoms with Crippen molar-refractivity contribution in [3.05, 3.63) is 29.3 Å². The summed E-state index contributed by atoms with van der Waals surface area (Å²) in [5, 5.41) is 3.43. The van der Waals surface area contributed by atoms with Crippen molar-refractivity contribution in [1.29, 1.82) is 0 Å². The van der Waals surface area contributed by atoms with E-state index in [0.717, 1.165) is 38.3 Å². The average Bonchev–Trinajstić information content (AvgIpc) is 2.34. The number of unbranched alkanes of at least 4 members (excludes halogenated alkanes) is 1. The number of hydrogen-bond donors (Lipinski definition) is 1. The van der Waals surface area contributed by atoms with Crippen LogP contribution in [0.1, 0.15) is 24.0 Å². The van der Waals surface area contributed by atoms with Gasteiger partial charge in [0.05, 0.1) is 7.11 Å². The summed E-state index contributed by atoms with van der Waals surface area (Å²) in [6.07, 6.45) is 2.27. The predicted molar refractivity (Wildman–Crippen MR) is 70.5 cm³/mol. The lowest BCUT2D eigenvalue weighted by Gasteiger charge is -2.08. The molecule has 3 nitrogen and oxygen atoms in total. The number of rotatable bonds is 8. The van der Waals surface area contributed by atoms with Crippen molar-refractivity contribution in [2.75, 3.05) is 27.4 Å². The van der Waals surface area contributed by atoms with Crippen LogP contribution in [0.25, 0.3) is 0 Å². The van der Waals surface area contributed by atoms with Crippen molar-refractivity contribution in [1.82, 2.24) is 5.32 Å². The molecular formula is C14H23NO2. The van der Waals surface area contributed by atoms with E-state index in [1.165, 1.54) is 11.1 Å².